The molecule has 0 aliphatic rings. The van der Waals surface area contributed by atoms with Gasteiger partial charge in [-0.25, -0.2) is 0 Å². The van der Waals surface area contributed by atoms with E-state index in [0.717, 1.165) is 6.54 Å². The van der Waals surface area contributed by atoms with Crippen molar-refractivity contribution in [3.05, 3.63) is 59.7 Å². The van der Waals surface area contributed by atoms with Crippen molar-refractivity contribution in [3.63, 3.8) is 0 Å². The third-order valence-electron chi connectivity index (χ3n) is 2.99. The molecule has 4 heteroatoms. The number of aromatic nitrogens is 2. The lowest BCUT2D eigenvalue weighted by Crippen LogP contribution is -2.12. The van der Waals surface area contributed by atoms with Gasteiger partial charge in [-0.05, 0) is 29.3 Å². The van der Waals surface area contributed by atoms with Gasteiger partial charge in [0, 0.05) is 6.54 Å². The lowest BCUT2D eigenvalue weighted by molar-refractivity contribution is 0.364. The molecule has 2 aromatic carbocycles. The van der Waals surface area contributed by atoms with Crippen molar-refractivity contribution in [1.82, 2.24) is 15.5 Å². The van der Waals surface area contributed by atoms with Crippen molar-refractivity contribution in [2.24, 2.45) is 0 Å². The highest BCUT2D eigenvalue weighted by Gasteiger charge is 2.02. The van der Waals surface area contributed by atoms with Gasteiger partial charge in [0.15, 0.2) is 5.82 Å². The Morgan fingerprint density at radius 3 is 2.68 bits per heavy atom. The van der Waals surface area contributed by atoms with Crippen molar-refractivity contribution in [2.75, 3.05) is 0 Å². The number of rotatable bonds is 4. The summed E-state index contributed by atoms with van der Waals surface area (Å²) in [4.78, 5) is 4.15. The molecule has 0 saturated carbocycles. The Balaban J connectivity index is 1.65. The summed E-state index contributed by atoms with van der Waals surface area (Å²) >= 11 is 0. The molecule has 0 aliphatic heterocycles. The summed E-state index contributed by atoms with van der Waals surface area (Å²) in [5, 5.41) is 9.58. The lowest BCUT2D eigenvalue weighted by atomic mass is 10.1. The quantitative estimate of drug-likeness (QED) is 0.776. The molecule has 0 fully saturated rings. The Labute approximate surface area is 111 Å². The maximum absolute atomic E-state index is 5.05. The summed E-state index contributed by atoms with van der Waals surface area (Å²) in [6.07, 6.45) is 0. The first-order chi connectivity index (χ1) is 9.31. The summed E-state index contributed by atoms with van der Waals surface area (Å²) < 4.78 is 5.05. The van der Waals surface area contributed by atoms with Gasteiger partial charge in [-0.3, -0.25) is 0 Å². The van der Waals surface area contributed by atoms with Gasteiger partial charge in [-0.15, -0.1) is 0 Å². The van der Waals surface area contributed by atoms with E-state index >= 15 is 0 Å². The average molecular weight is 253 g/mol. The fourth-order valence-electron chi connectivity index (χ4n) is 2.07. The minimum atomic E-state index is 0.591. The number of benzene rings is 2. The van der Waals surface area contributed by atoms with Crippen molar-refractivity contribution >= 4 is 10.8 Å². The van der Waals surface area contributed by atoms with Crippen molar-refractivity contribution in [3.8, 4) is 0 Å². The van der Waals surface area contributed by atoms with Crippen LogP contribution in [-0.4, -0.2) is 10.1 Å². The van der Waals surface area contributed by atoms with Crippen LogP contribution in [0, 0.1) is 6.92 Å². The minimum absolute atomic E-state index is 0.591. The maximum atomic E-state index is 5.05. The van der Waals surface area contributed by atoms with Gasteiger partial charge in [0.1, 0.15) is 0 Å². The van der Waals surface area contributed by atoms with Crippen LogP contribution in [0.2, 0.25) is 0 Å². The second-order valence-corrected chi connectivity index (χ2v) is 4.52. The molecular formula is C15H15N3O. The molecule has 1 N–H and O–H groups in total. The highest BCUT2D eigenvalue weighted by Crippen LogP contribution is 2.15. The summed E-state index contributed by atoms with van der Waals surface area (Å²) in [5.41, 5.74) is 1.25. The predicted octanol–water partition coefficient (Wildman–Crippen LogP) is 2.82. The Bertz CT molecular complexity index is 690. The Morgan fingerprint density at radius 1 is 1.05 bits per heavy atom. The fourth-order valence-corrected chi connectivity index (χ4v) is 2.07. The molecule has 0 spiro atoms. The van der Waals surface area contributed by atoms with E-state index in [-0.39, 0.29) is 0 Å². The largest absolute Gasteiger partial charge is 0.338 e. The van der Waals surface area contributed by atoms with E-state index in [2.05, 4.69) is 57.9 Å². The molecule has 0 atom stereocenters. The van der Waals surface area contributed by atoms with Crippen molar-refractivity contribution < 1.29 is 4.52 Å². The summed E-state index contributed by atoms with van der Waals surface area (Å²) in [5.74, 6) is 1.29. The van der Waals surface area contributed by atoms with E-state index in [0.29, 0.717) is 18.3 Å². The predicted molar refractivity (Wildman–Crippen MR) is 73.5 cm³/mol. The third kappa shape index (κ3) is 2.80. The zero-order valence-corrected chi connectivity index (χ0v) is 10.8. The van der Waals surface area contributed by atoms with Crippen molar-refractivity contribution in [1.29, 1.82) is 0 Å². The lowest BCUT2D eigenvalue weighted by Gasteiger charge is -2.04. The average Bonchev–Trinajstić information content (AvgIpc) is 2.84. The standard InChI is InChI=1S/C15H15N3O/c1-11-17-15(19-18-11)10-16-9-12-6-7-13-4-2-3-5-14(13)8-12/h2-8,16H,9-10H2,1H3. The number of hydrogen-bond acceptors (Lipinski definition) is 4. The first-order valence-electron chi connectivity index (χ1n) is 6.29. The van der Waals surface area contributed by atoms with Crippen LogP contribution in [0.5, 0.6) is 0 Å². The number of nitrogens with zero attached hydrogens (tertiary/aromatic N) is 2. The first-order valence-corrected chi connectivity index (χ1v) is 6.29. The Morgan fingerprint density at radius 2 is 1.89 bits per heavy atom. The molecule has 0 saturated heterocycles. The summed E-state index contributed by atoms with van der Waals surface area (Å²) in [6.45, 7) is 3.19. The number of nitrogens with one attached hydrogen (secondary N) is 1. The number of fused-ring (bicyclic) bond motifs is 1. The van der Waals surface area contributed by atoms with E-state index in [9.17, 15) is 0 Å². The van der Waals surface area contributed by atoms with Gasteiger partial charge in [-0.2, -0.15) is 4.98 Å². The zero-order chi connectivity index (χ0) is 13.1. The molecular weight excluding hydrogens is 238 g/mol. The Hall–Kier alpha value is -2.20. The van der Waals surface area contributed by atoms with Gasteiger partial charge < -0.3 is 9.84 Å². The molecule has 1 heterocycles. The van der Waals surface area contributed by atoms with Gasteiger partial charge in [-0.1, -0.05) is 41.6 Å². The second-order valence-electron chi connectivity index (χ2n) is 4.52. The number of hydrogen-bond donors (Lipinski definition) is 1. The molecule has 4 nitrogen and oxygen atoms in total. The van der Waals surface area contributed by atoms with Crippen LogP contribution in [0.3, 0.4) is 0 Å². The summed E-state index contributed by atoms with van der Waals surface area (Å²) in [7, 11) is 0. The minimum Gasteiger partial charge on any atom is -0.338 e. The molecule has 0 radical (unpaired) electrons. The Kier molecular flexibility index (Phi) is 3.25. The highest BCUT2D eigenvalue weighted by atomic mass is 16.5. The molecule has 19 heavy (non-hydrogen) atoms. The molecule has 0 aliphatic carbocycles. The van der Waals surface area contributed by atoms with Gasteiger partial charge in [0.2, 0.25) is 5.89 Å². The van der Waals surface area contributed by atoms with Crippen molar-refractivity contribution in [2.45, 2.75) is 20.0 Å². The first kappa shape index (κ1) is 11.9. The fraction of sp³-hybridized carbons (Fsp3) is 0.200. The highest BCUT2D eigenvalue weighted by molar-refractivity contribution is 5.82. The monoisotopic (exact) mass is 253 g/mol. The molecule has 3 rings (SSSR count). The van der Waals surface area contributed by atoms with Crippen LogP contribution < -0.4 is 5.32 Å². The second kappa shape index (κ2) is 5.20. The van der Waals surface area contributed by atoms with Crippen LogP contribution in [-0.2, 0) is 13.1 Å². The number of aryl methyl sites for hydroxylation is 1. The summed E-state index contributed by atoms with van der Waals surface area (Å²) in [6, 6.07) is 14.8. The van der Waals surface area contributed by atoms with Crippen LogP contribution in [0.15, 0.2) is 47.0 Å². The molecule has 1 aromatic heterocycles. The topological polar surface area (TPSA) is 51.0 Å². The van der Waals surface area contributed by atoms with E-state index in [1.54, 1.807) is 0 Å². The van der Waals surface area contributed by atoms with Crippen LogP contribution in [0.4, 0.5) is 0 Å². The third-order valence-corrected chi connectivity index (χ3v) is 2.99. The zero-order valence-electron chi connectivity index (χ0n) is 10.8. The molecule has 3 aromatic rings. The van der Waals surface area contributed by atoms with Gasteiger partial charge in [0.05, 0.1) is 6.54 Å². The molecule has 96 valence electrons. The molecule has 0 bridgehead atoms. The SMILES string of the molecule is Cc1noc(CNCc2ccc3ccccc3c2)n1. The van der Waals surface area contributed by atoms with E-state index in [1.165, 1.54) is 16.3 Å². The molecule has 0 amide bonds. The van der Waals surface area contributed by atoms with E-state index in [4.69, 9.17) is 4.52 Å². The smallest absolute Gasteiger partial charge is 0.240 e. The van der Waals surface area contributed by atoms with Crippen LogP contribution >= 0.6 is 0 Å². The van der Waals surface area contributed by atoms with Gasteiger partial charge in [0.25, 0.3) is 0 Å². The normalized spacial score (nSPS) is 11.0. The van der Waals surface area contributed by atoms with Gasteiger partial charge >= 0.3 is 0 Å². The van der Waals surface area contributed by atoms with E-state index < -0.39 is 0 Å². The molecule has 0 unspecified atom stereocenters. The van der Waals surface area contributed by atoms with E-state index in [1.807, 2.05) is 6.92 Å². The van der Waals surface area contributed by atoms with Crippen LogP contribution in [0.25, 0.3) is 10.8 Å². The van der Waals surface area contributed by atoms with Crippen LogP contribution in [0.1, 0.15) is 17.3 Å². The maximum Gasteiger partial charge on any atom is 0.240 e.